The van der Waals surface area contributed by atoms with Crippen molar-refractivity contribution in [2.24, 2.45) is 0 Å². The van der Waals surface area contributed by atoms with Gasteiger partial charge in [0.05, 0.1) is 6.42 Å². The fourth-order valence-electron chi connectivity index (χ4n) is 2.95. The highest BCUT2D eigenvalue weighted by Gasteiger charge is 2.28. The summed E-state index contributed by atoms with van der Waals surface area (Å²) in [6.45, 7) is 7.46. The fraction of sp³-hybridized carbons (Fsp3) is 0.556. The summed E-state index contributed by atoms with van der Waals surface area (Å²) in [5.74, 6) is 1.92. The lowest BCUT2D eigenvalue weighted by atomic mass is 9.97. The van der Waals surface area contributed by atoms with Crippen LogP contribution >= 0.6 is 0 Å². The van der Waals surface area contributed by atoms with Crippen LogP contribution in [0.2, 0.25) is 0 Å². The predicted molar refractivity (Wildman–Crippen MR) is 89.6 cm³/mol. The minimum absolute atomic E-state index is 0.137. The summed E-state index contributed by atoms with van der Waals surface area (Å²) in [4.78, 5) is 23.2. The first-order chi connectivity index (χ1) is 11.5. The minimum atomic E-state index is 0.137. The van der Waals surface area contributed by atoms with Crippen LogP contribution in [0.15, 0.2) is 22.9 Å². The molecule has 0 radical (unpaired) electrons. The summed E-state index contributed by atoms with van der Waals surface area (Å²) in [5.41, 5.74) is 1.91. The van der Waals surface area contributed by atoms with Crippen molar-refractivity contribution >= 4 is 5.91 Å². The third-order valence-corrected chi connectivity index (χ3v) is 4.42. The van der Waals surface area contributed by atoms with Gasteiger partial charge in [0.1, 0.15) is 0 Å². The first-order valence-electron chi connectivity index (χ1n) is 8.55. The SMILES string of the molecule is Cc1ccc(CC(=O)N2CCCC(c3noc(C(C)C)n3)C2)cn1. The summed E-state index contributed by atoms with van der Waals surface area (Å²) in [7, 11) is 0. The maximum atomic E-state index is 12.6. The van der Waals surface area contributed by atoms with Gasteiger partial charge in [-0.15, -0.1) is 0 Å². The number of likely N-dealkylation sites (tertiary alicyclic amines) is 1. The number of piperidine rings is 1. The molecule has 3 heterocycles. The van der Waals surface area contributed by atoms with E-state index in [9.17, 15) is 4.79 Å². The van der Waals surface area contributed by atoms with E-state index in [1.54, 1.807) is 6.20 Å². The number of carbonyl (C=O) groups is 1. The van der Waals surface area contributed by atoms with Crippen molar-refractivity contribution in [3.63, 3.8) is 0 Å². The molecule has 1 atom stereocenters. The summed E-state index contributed by atoms with van der Waals surface area (Å²) >= 11 is 0. The van der Waals surface area contributed by atoms with Crippen LogP contribution in [0.5, 0.6) is 0 Å². The highest BCUT2D eigenvalue weighted by molar-refractivity contribution is 5.78. The number of amides is 1. The predicted octanol–water partition coefficient (Wildman–Crippen LogP) is 2.85. The van der Waals surface area contributed by atoms with E-state index in [-0.39, 0.29) is 17.7 Å². The van der Waals surface area contributed by atoms with Gasteiger partial charge in [0, 0.05) is 36.8 Å². The van der Waals surface area contributed by atoms with Crippen molar-refractivity contribution in [3.05, 3.63) is 41.3 Å². The van der Waals surface area contributed by atoms with Crippen LogP contribution in [-0.4, -0.2) is 39.0 Å². The first-order valence-corrected chi connectivity index (χ1v) is 8.55. The Kier molecular flexibility index (Phi) is 4.92. The molecule has 6 heteroatoms. The van der Waals surface area contributed by atoms with Crippen LogP contribution in [0.25, 0.3) is 0 Å². The van der Waals surface area contributed by atoms with Crippen molar-refractivity contribution in [1.29, 1.82) is 0 Å². The molecule has 0 aromatic carbocycles. The van der Waals surface area contributed by atoms with Crippen LogP contribution in [0, 0.1) is 6.92 Å². The standard InChI is InChI=1S/C18H24N4O2/c1-12(2)18-20-17(21-24-18)15-5-4-8-22(11-15)16(23)9-14-7-6-13(3)19-10-14/h6-7,10,12,15H,4-5,8-9,11H2,1-3H3. The van der Waals surface area contributed by atoms with Gasteiger partial charge in [0.25, 0.3) is 0 Å². The van der Waals surface area contributed by atoms with Gasteiger partial charge < -0.3 is 9.42 Å². The quantitative estimate of drug-likeness (QED) is 0.863. The van der Waals surface area contributed by atoms with Gasteiger partial charge in [-0.1, -0.05) is 25.1 Å². The number of pyridine rings is 1. The van der Waals surface area contributed by atoms with E-state index < -0.39 is 0 Å². The van der Waals surface area contributed by atoms with Crippen LogP contribution in [-0.2, 0) is 11.2 Å². The number of hydrogen-bond donors (Lipinski definition) is 0. The molecule has 2 aromatic heterocycles. The highest BCUT2D eigenvalue weighted by atomic mass is 16.5. The van der Waals surface area contributed by atoms with E-state index in [1.807, 2.05) is 37.8 Å². The molecule has 24 heavy (non-hydrogen) atoms. The molecule has 0 N–H and O–H groups in total. The number of hydrogen-bond acceptors (Lipinski definition) is 5. The Labute approximate surface area is 142 Å². The van der Waals surface area contributed by atoms with Crippen molar-refractivity contribution in [2.45, 2.75) is 51.9 Å². The largest absolute Gasteiger partial charge is 0.342 e. The van der Waals surface area contributed by atoms with E-state index in [0.717, 1.165) is 36.5 Å². The van der Waals surface area contributed by atoms with Gasteiger partial charge in [-0.25, -0.2) is 0 Å². The second-order valence-electron chi connectivity index (χ2n) is 6.81. The molecule has 3 rings (SSSR count). The summed E-state index contributed by atoms with van der Waals surface area (Å²) in [6.07, 6.45) is 4.13. The van der Waals surface area contributed by atoms with E-state index >= 15 is 0 Å². The van der Waals surface area contributed by atoms with E-state index in [0.29, 0.717) is 18.9 Å². The molecule has 1 aliphatic heterocycles. The number of nitrogens with zero attached hydrogens (tertiary/aromatic N) is 4. The zero-order valence-electron chi connectivity index (χ0n) is 14.5. The molecule has 1 amide bonds. The Balaban J connectivity index is 1.63. The summed E-state index contributed by atoms with van der Waals surface area (Å²) in [6, 6.07) is 3.91. The third kappa shape index (κ3) is 3.80. The average molecular weight is 328 g/mol. The summed E-state index contributed by atoms with van der Waals surface area (Å²) in [5, 5.41) is 4.11. The number of rotatable bonds is 4. The van der Waals surface area contributed by atoms with Crippen molar-refractivity contribution < 1.29 is 9.32 Å². The minimum Gasteiger partial charge on any atom is -0.342 e. The highest BCUT2D eigenvalue weighted by Crippen LogP contribution is 2.26. The van der Waals surface area contributed by atoms with E-state index in [1.165, 1.54) is 0 Å². The van der Waals surface area contributed by atoms with Crippen LogP contribution in [0.1, 0.15) is 61.5 Å². The lowest BCUT2D eigenvalue weighted by molar-refractivity contribution is -0.131. The van der Waals surface area contributed by atoms with Crippen LogP contribution in [0.3, 0.4) is 0 Å². The maximum absolute atomic E-state index is 12.6. The second kappa shape index (κ2) is 7.11. The van der Waals surface area contributed by atoms with Crippen molar-refractivity contribution in [2.75, 3.05) is 13.1 Å². The Morgan fingerprint density at radius 1 is 1.42 bits per heavy atom. The van der Waals surface area contributed by atoms with Gasteiger partial charge in [-0.05, 0) is 31.4 Å². The van der Waals surface area contributed by atoms with Crippen LogP contribution in [0.4, 0.5) is 0 Å². The van der Waals surface area contributed by atoms with E-state index in [2.05, 4.69) is 15.1 Å². The molecule has 1 fully saturated rings. The number of aromatic nitrogens is 3. The van der Waals surface area contributed by atoms with Crippen LogP contribution < -0.4 is 0 Å². The number of aryl methyl sites for hydroxylation is 1. The molecule has 1 unspecified atom stereocenters. The molecule has 1 saturated heterocycles. The monoisotopic (exact) mass is 328 g/mol. The number of carbonyl (C=O) groups excluding carboxylic acids is 1. The van der Waals surface area contributed by atoms with Gasteiger partial charge in [-0.2, -0.15) is 4.98 Å². The molecule has 128 valence electrons. The average Bonchev–Trinajstić information content (AvgIpc) is 3.07. The van der Waals surface area contributed by atoms with Gasteiger partial charge >= 0.3 is 0 Å². The Bertz CT molecular complexity index is 693. The first kappa shape index (κ1) is 16.6. The molecular weight excluding hydrogens is 304 g/mol. The topological polar surface area (TPSA) is 72.1 Å². The lowest BCUT2D eigenvalue weighted by Gasteiger charge is -2.31. The molecule has 1 aliphatic rings. The molecular formula is C18H24N4O2. The van der Waals surface area contributed by atoms with Gasteiger partial charge in [-0.3, -0.25) is 9.78 Å². The smallest absolute Gasteiger partial charge is 0.229 e. The maximum Gasteiger partial charge on any atom is 0.229 e. The third-order valence-electron chi connectivity index (χ3n) is 4.42. The molecule has 0 spiro atoms. The Morgan fingerprint density at radius 3 is 2.92 bits per heavy atom. The molecule has 0 aliphatic carbocycles. The summed E-state index contributed by atoms with van der Waals surface area (Å²) < 4.78 is 5.31. The zero-order valence-corrected chi connectivity index (χ0v) is 14.5. The lowest BCUT2D eigenvalue weighted by Crippen LogP contribution is -2.40. The van der Waals surface area contributed by atoms with Gasteiger partial charge in [0.2, 0.25) is 11.8 Å². The molecule has 0 bridgehead atoms. The zero-order chi connectivity index (χ0) is 17.1. The second-order valence-corrected chi connectivity index (χ2v) is 6.81. The van der Waals surface area contributed by atoms with Gasteiger partial charge in [0.15, 0.2) is 5.82 Å². The van der Waals surface area contributed by atoms with Crippen molar-refractivity contribution in [1.82, 2.24) is 20.0 Å². The fourth-order valence-corrected chi connectivity index (χ4v) is 2.95. The molecule has 6 nitrogen and oxygen atoms in total. The van der Waals surface area contributed by atoms with E-state index in [4.69, 9.17) is 4.52 Å². The Hall–Kier alpha value is -2.24. The molecule has 2 aromatic rings. The van der Waals surface area contributed by atoms with Crippen molar-refractivity contribution in [3.8, 4) is 0 Å². The Morgan fingerprint density at radius 2 is 2.25 bits per heavy atom. The normalized spacial score (nSPS) is 18.2. The molecule has 0 saturated carbocycles.